The van der Waals surface area contributed by atoms with Gasteiger partial charge in [-0.15, -0.1) is 0 Å². The average Bonchev–Trinajstić information content (AvgIpc) is 2.72. The SMILES string of the molecule is Nc1nc2ncc(CNc3ccc(C(=O)NC(CCS)C(=O)O)cc3)nc2c(=O)[nH]1. The number of aromatic amines is 1. The number of carboxylic acid groups (broad SMARTS) is 1. The van der Waals surface area contributed by atoms with Crippen molar-refractivity contribution >= 4 is 47.3 Å². The molecule has 0 saturated carbocycles. The van der Waals surface area contributed by atoms with E-state index in [1.165, 1.54) is 6.20 Å². The van der Waals surface area contributed by atoms with Crippen LogP contribution in [-0.2, 0) is 11.3 Å². The molecular formula is C18H19N7O4S. The molecule has 0 fully saturated rings. The van der Waals surface area contributed by atoms with Crippen molar-refractivity contribution in [3.63, 3.8) is 0 Å². The molecule has 1 aromatic carbocycles. The van der Waals surface area contributed by atoms with Crippen LogP contribution in [-0.4, -0.2) is 48.7 Å². The number of benzene rings is 1. The molecule has 6 N–H and O–H groups in total. The van der Waals surface area contributed by atoms with Crippen LogP contribution in [0.1, 0.15) is 22.5 Å². The number of carbonyl (C=O) groups excluding carboxylic acids is 1. The number of carboxylic acids is 1. The van der Waals surface area contributed by atoms with E-state index in [1.54, 1.807) is 24.3 Å². The van der Waals surface area contributed by atoms with Crippen molar-refractivity contribution in [3.8, 4) is 0 Å². The first-order valence-electron chi connectivity index (χ1n) is 8.87. The van der Waals surface area contributed by atoms with Gasteiger partial charge in [0, 0.05) is 11.3 Å². The number of rotatable bonds is 8. The Balaban J connectivity index is 1.64. The largest absolute Gasteiger partial charge is 0.480 e. The van der Waals surface area contributed by atoms with Gasteiger partial charge in [0.05, 0.1) is 18.4 Å². The lowest BCUT2D eigenvalue weighted by Crippen LogP contribution is -2.41. The molecule has 0 saturated heterocycles. The van der Waals surface area contributed by atoms with Crippen LogP contribution in [0.5, 0.6) is 0 Å². The van der Waals surface area contributed by atoms with Gasteiger partial charge in [0.2, 0.25) is 5.95 Å². The minimum atomic E-state index is -1.11. The molecule has 30 heavy (non-hydrogen) atoms. The molecule has 11 nitrogen and oxygen atoms in total. The molecule has 12 heteroatoms. The lowest BCUT2D eigenvalue weighted by Gasteiger charge is -2.13. The van der Waals surface area contributed by atoms with E-state index in [2.05, 4.69) is 43.2 Å². The van der Waals surface area contributed by atoms with Crippen LogP contribution < -0.4 is 21.9 Å². The van der Waals surface area contributed by atoms with Gasteiger partial charge in [0.15, 0.2) is 11.2 Å². The molecule has 0 radical (unpaired) electrons. The van der Waals surface area contributed by atoms with Gasteiger partial charge in [-0.05, 0) is 36.4 Å². The minimum Gasteiger partial charge on any atom is -0.480 e. The molecule has 0 bridgehead atoms. The molecule has 0 aliphatic carbocycles. The summed E-state index contributed by atoms with van der Waals surface area (Å²) in [5.74, 6) is -1.28. The number of anilines is 2. The number of aromatic nitrogens is 4. The molecule has 3 aromatic rings. The number of thiol groups is 1. The van der Waals surface area contributed by atoms with Crippen LogP contribution >= 0.6 is 12.6 Å². The number of nitrogen functional groups attached to an aromatic ring is 1. The zero-order chi connectivity index (χ0) is 21.7. The maximum absolute atomic E-state index is 12.2. The Morgan fingerprint density at radius 2 is 1.97 bits per heavy atom. The van der Waals surface area contributed by atoms with E-state index >= 15 is 0 Å². The Morgan fingerprint density at radius 1 is 1.23 bits per heavy atom. The van der Waals surface area contributed by atoms with Gasteiger partial charge in [-0.1, -0.05) is 0 Å². The fraction of sp³-hybridized carbons (Fsp3) is 0.222. The number of nitrogens with zero attached hydrogens (tertiary/aromatic N) is 3. The summed E-state index contributed by atoms with van der Waals surface area (Å²) in [6, 6.07) is 5.49. The Hall–Kier alpha value is -3.67. The van der Waals surface area contributed by atoms with Crippen LogP contribution in [0.25, 0.3) is 11.2 Å². The fourth-order valence-corrected chi connectivity index (χ4v) is 2.87. The summed E-state index contributed by atoms with van der Waals surface area (Å²) in [6.07, 6.45) is 1.71. The molecular weight excluding hydrogens is 410 g/mol. The van der Waals surface area contributed by atoms with Crippen LogP contribution in [0.3, 0.4) is 0 Å². The number of amides is 1. The maximum Gasteiger partial charge on any atom is 0.326 e. The molecule has 1 unspecified atom stereocenters. The first-order valence-corrected chi connectivity index (χ1v) is 9.50. The zero-order valence-electron chi connectivity index (χ0n) is 15.6. The summed E-state index contributed by atoms with van der Waals surface area (Å²) in [5, 5.41) is 14.7. The smallest absolute Gasteiger partial charge is 0.326 e. The minimum absolute atomic E-state index is 0.0305. The first kappa shape index (κ1) is 21.0. The van der Waals surface area contributed by atoms with E-state index in [0.717, 1.165) is 0 Å². The van der Waals surface area contributed by atoms with Crippen molar-refractivity contribution in [3.05, 3.63) is 52.1 Å². The molecule has 0 aliphatic heterocycles. The molecule has 0 spiro atoms. The molecule has 2 heterocycles. The van der Waals surface area contributed by atoms with E-state index in [4.69, 9.17) is 10.8 Å². The van der Waals surface area contributed by atoms with Crippen molar-refractivity contribution in [1.82, 2.24) is 25.3 Å². The highest BCUT2D eigenvalue weighted by Crippen LogP contribution is 2.12. The Bertz CT molecular complexity index is 1130. The Kier molecular flexibility index (Phi) is 6.47. The third-order valence-electron chi connectivity index (χ3n) is 4.13. The topological polar surface area (TPSA) is 176 Å². The number of hydrogen-bond donors (Lipinski definition) is 6. The lowest BCUT2D eigenvalue weighted by atomic mass is 10.1. The first-order chi connectivity index (χ1) is 14.4. The highest BCUT2D eigenvalue weighted by Gasteiger charge is 2.19. The summed E-state index contributed by atoms with van der Waals surface area (Å²) < 4.78 is 0. The monoisotopic (exact) mass is 429 g/mol. The molecule has 156 valence electrons. The van der Waals surface area contributed by atoms with Gasteiger partial charge < -0.3 is 21.5 Å². The van der Waals surface area contributed by atoms with E-state index in [1.807, 2.05) is 0 Å². The van der Waals surface area contributed by atoms with Crippen molar-refractivity contribution in [2.45, 2.75) is 19.0 Å². The van der Waals surface area contributed by atoms with E-state index in [0.29, 0.717) is 22.7 Å². The second-order valence-electron chi connectivity index (χ2n) is 6.29. The van der Waals surface area contributed by atoms with Crippen LogP contribution in [0.4, 0.5) is 11.6 Å². The second-order valence-corrected chi connectivity index (χ2v) is 6.74. The summed E-state index contributed by atoms with van der Waals surface area (Å²) in [7, 11) is 0. The van der Waals surface area contributed by atoms with Gasteiger partial charge in [-0.3, -0.25) is 14.6 Å². The summed E-state index contributed by atoms with van der Waals surface area (Å²) >= 11 is 4.00. The molecule has 1 atom stereocenters. The quantitative estimate of drug-likeness (QED) is 0.277. The molecule has 3 rings (SSSR count). The van der Waals surface area contributed by atoms with Gasteiger partial charge >= 0.3 is 5.97 Å². The number of hydrogen-bond acceptors (Lipinski definition) is 9. The normalized spacial score (nSPS) is 11.8. The zero-order valence-corrected chi connectivity index (χ0v) is 16.5. The maximum atomic E-state index is 12.2. The number of aliphatic carboxylic acids is 1. The highest BCUT2D eigenvalue weighted by atomic mass is 32.1. The predicted octanol–water partition coefficient (Wildman–Crippen LogP) is 0.410. The summed E-state index contributed by atoms with van der Waals surface area (Å²) in [6.45, 7) is 0.279. The fourth-order valence-electron chi connectivity index (χ4n) is 2.62. The van der Waals surface area contributed by atoms with Crippen molar-refractivity contribution in [2.75, 3.05) is 16.8 Å². The standard InChI is InChI=1S/C18H19N7O4S/c19-18-24-14-13(16(27)25-18)22-11(8-21-14)7-20-10-3-1-9(2-4-10)15(26)23-12(5-6-30)17(28)29/h1-4,8,12,20,30H,5-7H2,(H,23,26)(H,28,29)(H3,19,21,24,25,27). The van der Waals surface area contributed by atoms with Gasteiger partial charge in [-0.2, -0.15) is 17.6 Å². The van der Waals surface area contributed by atoms with Crippen molar-refractivity contribution < 1.29 is 14.7 Å². The van der Waals surface area contributed by atoms with E-state index < -0.39 is 23.5 Å². The lowest BCUT2D eigenvalue weighted by molar-refractivity contribution is -0.139. The average molecular weight is 429 g/mol. The number of nitrogens with two attached hydrogens (primary N) is 1. The molecule has 0 aliphatic rings. The highest BCUT2D eigenvalue weighted by molar-refractivity contribution is 7.80. The van der Waals surface area contributed by atoms with Gasteiger partial charge in [-0.25, -0.2) is 14.8 Å². The predicted molar refractivity (Wildman–Crippen MR) is 113 cm³/mol. The van der Waals surface area contributed by atoms with Crippen LogP contribution in [0.2, 0.25) is 0 Å². The van der Waals surface area contributed by atoms with Gasteiger partial charge in [0.25, 0.3) is 11.5 Å². The third-order valence-corrected chi connectivity index (χ3v) is 4.39. The van der Waals surface area contributed by atoms with Crippen molar-refractivity contribution in [2.24, 2.45) is 0 Å². The number of fused-ring (bicyclic) bond motifs is 1. The second kappa shape index (κ2) is 9.22. The Morgan fingerprint density at radius 3 is 2.63 bits per heavy atom. The van der Waals surface area contributed by atoms with Crippen LogP contribution in [0, 0.1) is 0 Å². The number of H-pyrrole nitrogens is 1. The molecule has 1 amide bonds. The van der Waals surface area contributed by atoms with Crippen LogP contribution in [0.15, 0.2) is 35.3 Å². The van der Waals surface area contributed by atoms with E-state index in [9.17, 15) is 14.4 Å². The van der Waals surface area contributed by atoms with Gasteiger partial charge in [0.1, 0.15) is 6.04 Å². The summed E-state index contributed by atoms with van der Waals surface area (Å²) in [4.78, 5) is 49.9. The molecule has 2 aromatic heterocycles. The Labute approximate surface area is 175 Å². The third kappa shape index (κ3) is 5.03. The number of nitrogens with one attached hydrogen (secondary N) is 3. The summed E-state index contributed by atoms with van der Waals surface area (Å²) in [5.41, 5.74) is 6.79. The van der Waals surface area contributed by atoms with Crippen molar-refractivity contribution in [1.29, 1.82) is 0 Å². The number of carbonyl (C=O) groups is 2. The van der Waals surface area contributed by atoms with E-state index in [-0.39, 0.29) is 30.1 Å².